The van der Waals surface area contributed by atoms with E-state index in [1.807, 2.05) is 0 Å². The Morgan fingerprint density at radius 3 is 2.53 bits per heavy atom. The van der Waals surface area contributed by atoms with Crippen LogP contribution in [0.3, 0.4) is 0 Å². The standard InChI is InChI=1S/C19H17ClN4O6/c1-11(9-17(25)21-15-6-4-3-5-13(15)19(27)30-2)22-23-18(26)12-7-8-16(24(28)29)14(20)10-12/h3-8,10H,9H2,1-2H3,(H,21,25)(H,23,26)/b22-11-. The Morgan fingerprint density at radius 2 is 1.90 bits per heavy atom. The maximum atomic E-state index is 12.2. The Kier molecular flexibility index (Phi) is 7.59. The molecule has 0 saturated heterocycles. The van der Waals surface area contributed by atoms with Crippen molar-refractivity contribution in [3.8, 4) is 0 Å². The second kappa shape index (κ2) is 10.1. The zero-order valence-corrected chi connectivity index (χ0v) is 16.7. The zero-order chi connectivity index (χ0) is 22.3. The molecule has 0 aliphatic heterocycles. The summed E-state index contributed by atoms with van der Waals surface area (Å²) in [4.78, 5) is 46.2. The molecule has 0 heterocycles. The Hall–Kier alpha value is -3.79. The number of nitrogens with one attached hydrogen (secondary N) is 2. The second-order valence-corrected chi connectivity index (χ2v) is 6.38. The van der Waals surface area contributed by atoms with Gasteiger partial charge in [0.2, 0.25) is 5.91 Å². The second-order valence-electron chi connectivity index (χ2n) is 5.97. The van der Waals surface area contributed by atoms with Gasteiger partial charge in [0, 0.05) is 17.3 Å². The van der Waals surface area contributed by atoms with Crippen molar-refractivity contribution in [3.05, 3.63) is 68.7 Å². The average Bonchev–Trinajstić information content (AvgIpc) is 2.71. The van der Waals surface area contributed by atoms with Crippen molar-refractivity contribution in [1.82, 2.24) is 5.43 Å². The highest BCUT2D eigenvalue weighted by Crippen LogP contribution is 2.24. The summed E-state index contributed by atoms with van der Waals surface area (Å²) in [6.07, 6.45) is -0.156. The summed E-state index contributed by atoms with van der Waals surface area (Å²) in [5.74, 6) is -1.70. The van der Waals surface area contributed by atoms with Gasteiger partial charge in [-0.15, -0.1) is 0 Å². The number of nitrogens with zero attached hydrogens (tertiary/aromatic N) is 2. The Morgan fingerprint density at radius 1 is 1.20 bits per heavy atom. The van der Waals surface area contributed by atoms with Crippen LogP contribution < -0.4 is 10.7 Å². The summed E-state index contributed by atoms with van der Waals surface area (Å²) in [5.41, 5.74) is 2.76. The van der Waals surface area contributed by atoms with Gasteiger partial charge in [0.05, 0.1) is 29.7 Å². The Labute approximate surface area is 176 Å². The Balaban J connectivity index is 1.99. The van der Waals surface area contributed by atoms with E-state index < -0.39 is 22.7 Å². The molecule has 0 aromatic heterocycles. The molecule has 30 heavy (non-hydrogen) atoms. The quantitative estimate of drug-likeness (QED) is 0.298. The van der Waals surface area contributed by atoms with Crippen molar-refractivity contribution < 1.29 is 24.0 Å². The smallest absolute Gasteiger partial charge is 0.339 e. The summed E-state index contributed by atoms with van der Waals surface area (Å²) in [6.45, 7) is 1.52. The van der Waals surface area contributed by atoms with E-state index in [-0.39, 0.29) is 39.7 Å². The van der Waals surface area contributed by atoms with Crippen LogP contribution in [-0.4, -0.2) is 35.5 Å². The lowest BCUT2D eigenvalue weighted by Crippen LogP contribution is -2.22. The van der Waals surface area contributed by atoms with E-state index in [1.54, 1.807) is 18.2 Å². The first-order valence-corrected chi connectivity index (χ1v) is 8.85. The summed E-state index contributed by atoms with van der Waals surface area (Å²) in [6, 6.07) is 9.85. The first-order valence-electron chi connectivity index (χ1n) is 8.47. The van der Waals surface area contributed by atoms with Gasteiger partial charge in [0.25, 0.3) is 11.6 Å². The molecule has 10 nitrogen and oxygen atoms in total. The van der Waals surface area contributed by atoms with Gasteiger partial charge in [-0.3, -0.25) is 19.7 Å². The van der Waals surface area contributed by atoms with Crippen molar-refractivity contribution in [2.45, 2.75) is 13.3 Å². The van der Waals surface area contributed by atoms with Crippen molar-refractivity contribution in [3.63, 3.8) is 0 Å². The molecule has 0 unspecified atom stereocenters. The molecule has 0 aliphatic carbocycles. The monoisotopic (exact) mass is 432 g/mol. The number of hydrogen-bond donors (Lipinski definition) is 2. The fourth-order valence-electron chi connectivity index (χ4n) is 2.35. The third kappa shape index (κ3) is 5.85. The van der Waals surface area contributed by atoms with E-state index >= 15 is 0 Å². The van der Waals surface area contributed by atoms with Gasteiger partial charge >= 0.3 is 5.97 Å². The number of methoxy groups -OCH3 is 1. The number of anilines is 1. The molecule has 0 saturated carbocycles. The van der Waals surface area contributed by atoms with Gasteiger partial charge < -0.3 is 10.1 Å². The molecule has 2 amide bonds. The summed E-state index contributed by atoms with van der Waals surface area (Å²) < 4.78 is 4.67. The normalized spacial score (nSPS) is 10.8. The lowest BCUT2D eigenvalue weighted by Gasteiger charge is -2.09. The van der Waals surface area contributed by atoms with Crippen LogP contribution in [0.4, 0.5) is 11.4 Å². The largest absolute Gasteiger partial charge is 0.465 e. The fourth-order valence-corrected chi connectivity index (χ4v) is 2.60. The van der Waals surface area contributed by atoms with E-state index in [9.17, 15) is 24.5 Å². The van der Waals surface area contributed by atoms with E-state index in [2.05, 4.69) is 20.6 Å². The van der Waals surface area contributed by atoms with Crippen molar-refractivity contribution in [2.24, 2.45) is 5.10 Å². The number of esters is 1. The highest BCUT2D eigenvalue weighted by atomic mass is 35.5. The molecule has 0 fully saturated rings. The van der Waals surface area contributed by atoms with Gasteiger partial charge in [0.1, 0.15) is 5.02 Å². The van der Waals surface area contributed by atoms with E-state index in [0.717, 1.165) is 12.1 Å². The molecule has 2 aromatic carbocycles. The van der Waals surface area contributed by atoms with Crippen LogP contribution in [0.2, 0.25) is 5.02 Å². The number of hydrogen-bond acceptors (Lipinski definition) is 7. The van der Waals surface area contributed by atoms with Crippen molar-refractivity contribution in [2.75, 3.05) is 12.4 Å². The molecule has 0 radical (unpaired) electrons. The predicted octanol–water partition coefficient (Wildman–Crippen LogP) is 3.17. The van der Waals surface area contributed by atoms with Crippen molar-refractivity contribution >= 4 is 46.5 Å². The number of ether oxygens (including phenoxy) is 1. The topological polar surface area (TPSA) is 140 Å². The number of hydrazone groups is 1. The van der Waals surface area contributed by atoms with Crippen LogP contribution in [0.1, 0.15) is 34.1 Å². The molecule has 0 bridgehead atoms. The average molecular weight is 433 g/mol. The third-order valence-corrected chi connectivity index (χ3v) is 4.08. The Bertz CT molecular complexity index is 1040. The van der Waals surface area contributed by atoms with Gasteiger partial charge in [-0.05, 0) is 31.2 Å². The van der Waals surface area contributed by atoms with Crippen LogP contribution in [0.5, 0.6) is 0 Å². The number of amides is 2. The maximum Gasteiger partial charge on any atom is 0.339 e. The number of nitro benzene ring substituents is 1. The fraction of sp³-hybridized carbons (Fsp3) is 0.158. The minimum Gasteiger partial charge on any atom is -0.465 e. The van der Waals surface area contributed by atoms with Crippen molar-refractivity contribution in [1.29, 1.82) is 0 Å². The molecular formula is C19H17ClN4O6. The lowest BCUT2D eigenvalue weighted by molar-refractivity contribution is -0.384. The molecule has 2 aromatic rings. The number of halogens is 1. The summed E-state index contributed by atoms with van der Waals surface area (Å²) in [5, 5.41) is 17.0. The third-order valence-electron chi connectivity index (χ3n) is 3.78. The van der Waals surface area contributed by atoms with Gasteiger partial charge in [-0.25, -0.2) is 10.2 Å². The number of carbonyl (C=O) groups excluding carboxylic acids is 3. The molecule has 11 heteroatoms. The lowest BCUT2D eigenvalue weighted by atomic mass is 10.1. The van der Waals surface area contributed by atoms with Crippen LogP contribution >= 0.6 is 11.6 Å². The van der Waals surface area contributed by atoms with Crippen LogP contribution in [0, 0.1) is 10.1 Å². The predicted molar refractivity (Wildman–Crippen MR) is 110 cm³/mol. The molecule has 0 aliphatic rings. The molecule has 0 atom stereocenters. The van der Waals surface area contributed by atoms with Gasteiger partial charge in [-0.1, -0.05) is 23.7 Å². The minimum atomic E-state index is -0.663. The molecule has 2 rings (SSSR count). The highest BCUT2D eigenvalue weighted by molar-refractivity contribution is 6.33. The molecular weight excluding hydrogens is 416 g/mol. The molecule has 156 valence electrons. The maximum absolute atomic E-state index is 12.2. The van der Waals surface area contributed by atoms with Crippen LogP contribution in [0.25, 0.3) is 0 Å². The zero-order valence-electron chi connectivity index (χ0n) is 16.0. The SMILES string of the molecule is COC(=O)c1ccccc1NC(=O)C/C(C)=N\NC(=O)c1ccc([N+](=O)[O-])c(Cl)c1. The van der Waals surface area contributed by atoms with Crippen LogP contribution in [0.15, 0.2) is 47.6 Å². The summed E-state index contributed by atoms with van der Waals surface area (Å²) in [7, 11) is 1.23. The first kappa shape index (κ1) is 22.5. The number of benzene rings is 2. The number of rotatable bonds is 7. The number of nitro groups is 1. The molecule has 0 spiro atoms. The van der Waals surface area contributed by atoms with E-state index in [1.165, 1.54) is 26.2 Å². The summed E-state index contributed by atoms with van der Waals surface area (Å²) >= 11 is 5.78. The van der Waals surface area contributed by atoms with E-state index in [4.69, 9.17) is 11.6 Å². The van der Waals surface area contributed by atoms with Gasteiger partial charge in [0.15, 0.2) is 0 Å². The first-order chi connectivity index (χ1) is 14.2. The number of carbonyl (C=O) groups is 3. The minimum absolute atomic E-state index is 0.0682. The van der Waals surface area contributed by atoms with E-state index in [0.29, 0.717) is 0 Å². The highest BCUT2D eigenvalue weighted by Gasteiger charge is 2.16. The van der Waals surface area contributed by atoms with Gasteiger partial charge in [-0.2, -0.15) is 5.10 Å². The number of para-hydroxylation sites is 1. The van der Waals surface area contributed by atoms with Crippen LogP contribution in [-0.2, 0) is 9.53 Å². The molecule has 2 N–H and O–H groups in total.